The molecular formula is C10H11Cl2NO. The van der Waals surface area contributed by atoms with E-state index in [9.17, 15) is 0 Å². The molecule has 2 nitrogen and oxygen atoms in total. The first kappa shape index (κ1) is 10.2. The van der Waals surface area contributed by atoms with Crippen molar-refractivity contribution in [1.82, 2.24) is 5.32 Å². The molecule has 1 aliphatic rings. The van der Waals surface area contributed by atoms with E-state index in [1.54, 1.807) is 0 Å². The molecule has 1 aromatic carbocycles. The molecule has 2 atom stereocenters. The molecule has 1 heterocycles. The van der Waals surface area contributed by atoms with Crippen LogP contribution in [-0.2, 0) is 4.74 Å². The zero-order chi connectivity index (χ0) is 9.97. The van der Waals surface area contributed by atoms with Crippen LogP contribution in [0, 0.1) is 0 Å². The van der Waals surface area contributed by atoms with Crippen LogP contribution >= 0.6 is 23.2 Å². The van der Waals surface area contributed by atoms with Gasteiger partial charge in [-0.25, -0.2) is 0 Å². The molecule has 0 bridgehead atoms. The summed E-state index contributed by atoms with van der Waals surface area (Å²) < 4.78 is 5.65. The summed E-state index contributed by atoms with van der Waals surface area (Å²) in [6.45, 7) is 0.802. The molecule has 1 saturated heterocycles. The maximum Gasteiger partial charge on any atom is 0.134 e. The third-order valence-electron chi connectivity index (χ3n) is 2.20. The van der Waals surface area contributed by atoms with Crippen LogP contribution in [-0.4, -0.2) is 18.5 Å². The highest BCUT2D eigenvalue weighted by Crippen LogP contribution is 2.23. The van der Waals surface area contributed by atoms with Crippen LogP contribution in [0.3, 0.4) is 0 Å². The van der Waals surface area contributed by atoms with Gasteiger partial charge in [0.25, 0.3) is 0 Å². The lowest BCUT2D eigenvalue weighted by Crippen LogP contribution is -2.15. The number of ether oxygens (including phenoxy) is 1. The molecule has 0 aliphatic carbocycles. The summed E-state index contributed by atoms with van der Waals surface area (Å²) in [5.41, 5.74) is 1.09. The normalized spacial score (nSPS) is 26.7. The van der Waals surface area contributed by atoms with Crippen molar-refractivity contribution in [3.63, 3.8) is 0 Å². The molecule has 0 unspecified atom stereocenters. The highest BCUT2D eigenvalue weighted by molar-refractivity contribution is 6.30. The lowest BCUT2D eigenvalue weighted by molar-refractivity contribution is 0.0528. The zero-order valence-electron chi connectivity index (χ0n) is 7.54. The van der Waals surface area contributed by atoms with Crippen molar-refractivity contribution < 1.29 is 4.74 Å². The van der Waals surface area contributed by atoms with E-state index in [0.717, 1.165) is 17.1 Å². The van der Waals surface area contributed by atoms with Gasteiger partial charge in [-0.3, -0.25) is 5.32 Å². The highest BCUT2D eigenvalue weighted by Gasteiger charge is 2.24. The van der Waals surface area contributed by atoms with Crippen molar-refractivity contribution in [3.8, 4) is 0 Å². The lowest BCUT2D eigenvalue weighted by Gasteiger charge is -2.11. The molecule has 0 radical (unpaired) electrons. The van der Waals surface area contributed by atoms with Crippen LogP contribution in [0.1, 0.15) is 11.8 Å². The molecule has 0 saturated carbocycles. The molecular weight excluding hydrogens is 221 g/mol. The Labute approximate surface area is 93.2 Å². The van der Waals surface area contributed by atoms with Gasteiger partial charge in [-0.05, 0) is 17.7 Å². The molecule has 1 fully saturated rings. The molecule has 2 rings (SSSR count). The van der Waals surface area contributed by atoms with Crippen molar-refractivity contribution in [2.75, 3.05) is 12.4 Å². The Hall–Kier alpha value is -0.280. The van der Waals surface area contributed by atoms with Crippen LogP contribution in [0.2, 0.25) is 5.02 Å². The van der Waals surface area contributed by atoms with Crippen LogP contribution in [0.5, 0.6) is 0 Å². The average molecular weight is 232 g/mol. The smallest absolute Gasteiger partial charge is 0.134 e. The molecule has 1 aliphatic heterocycles. The van der Waals surface area contributed by atoms with Crippen LogP contribution in [0.15, 0.2) is 24.3 Å². The van der Waals surface area contributed by atoms with Crippen LogP contribution in [0.4, 0.5) is 0 Å². The highest BCUT2D eigenvalue weighted by atomic mass is 35.5. The van der Waals surface area contributed by atoms with Crippen molar-refractivity contribution in [3.05, 3.63) is 34.9 Å². The van der Waals surface area contributed by atoms with Gasteiger partial charge in [0.05, 0.1) is 6.10 Å². The third-order valence-corrected chi connectivity index (χ3v) is 2.80. The number of hydrogen-bond donors (Lipinski definition) is 1. The first-order valence-electron chi connectivity index (χ1n) is 4.50. The zero-order valence-corrected chi connectivity index (χ0v) is 9.05. The minimum absolute atomic E-state index is 0.0454. The number of nitrogens with one attached hydrogen (secondary N) is 1. The van der Waals surface area contributed by atoms with E-state index < -0.39 is 0 Å². The van der Waals surface area contributed by atoms with Crippen molar-refractivity contribution in [1.29, 1.82) is 0 Å². The van der Waals surface area contributed by atoms with Gasteiger partial charge in [-0.1, -0.05) is 23.7 Å². The summed E-state index contributed by atoms with van der Waals surface area (Å²) >= 11 is 11.5. The van der Waals surface area contributed by atoms with Crippen molar-refractivity contribution in [2.24, 2.45) is 0 Å². The van der Waals surface area contributed by atoms with Crippen LogP contribution < -0.4 is 5.32 Å². The van der Waals surface area contributed by atoms with Gasteiger partial charge in [-0.15, -0.1) is 11.6 Å². The molecule has 0 spiro atoms. The summed E-state index contributed by atoms with van der Waals surface area (Å²) in [4.78, 5) is 0. The summed E-state index contributed by atoms with van der Waals surface area (Å²) in [7, 11) is 0. The summed E-state index contributed by atoms with van der Waals surface area (Å²) in [6.07, 6.45) is 0.0633. The number of benzene rings is 1. The number of rotatable bonds is 2. The van der Waals surface area contributed by atoms with E-state index in [-0.39, 0.29) is 12.3 Å². The molecule has 0 amide bonds. The largest absolute Gasteiger partial charge is 0.353 e. The van der Waals surface area contributed by atoms with E-state index in [4.69, 9.17) is 27.9 Å². The second-order valence-electron chi connectivity index (χ2n) is 3.25. The van der Waals surface area contributed by atoms with E-state index in [0.29, 0.717) is 5.88 Å². The first-order chi connectivity index (χ1) is 6.79. The van der Waals surface area contributed by atoms with Crippen molar-refractivity contribution >= 4 is 23.2 Å². The summed E-state index contributed by atoms with van der Waals surface area (Å²) in [6, 6.07) is 7.62. The average Bonchev–Trinajstić information content (AvgIpc) is 2.67. The Morgan fingerprint density at radius 2 is 2.07 bits per heavy atom. The molecule has 0 aromatic heterocycles. The quantitative estimate of drug-likeness (QED) is 0.791. The molecule has 14 heavy (non-hydrogen) atoms. The minimum atomic E-state index is -0.0454. The Morgan fingerprint density at radius 1 is 1.36 bits per heavy atom. The van der Waals surface area contributed by atoms with E-state index in [1.165, 1.54) is 0 Å². The first-order valence-corrected chi connectivity index (χ1v) is 5.41. The van der Waals surface area contributed by atoms with Gasteiger partial charge >= 0.3 is 0 Å². The minimum Gasteiger partial charge on any atom is -0.353 e. The molecule has 1 N–H and O–H groups in total. The lowest BCUT2D eigenvalue weighted by atomic mass is 10.2. The maximum atomic E-state index is 5.79. The van der Waals surface area contributed by atoms with Gasteiger partial charge < -0.3 is 4.74 Å². The molecule has 4 heteroatoms. The van der Waals surface area contributed by atoms with E-state index >= 15 is 0 Å². The predicted octanol–water partition coefficient (Wildman–Crippen LogP) is 2.57. The van der Waals surface area contributed by atoms with Crippen molar-refractivity contribution in [2.45, 2.75) is 12.3 Å². The standard InChI is InChI=1S/C10H11Cl2NO/c11-5-9-6-13-10(14-9)7-1-3-8(12)4-2-7/h1-4,9-10,13H,5-6H2/t9-,10+/m1/s1. The fourth-order valence-electron chi connectivity index (χ4n) is 1.45. The maximum absolute atomic E-state index is 5.79. The molecule has 1 aromatic rings. The number of hydrogen-bond acceptors (Lipinski definition) is 2. The van der Waals surface area contributed by atoms with E-state index in [1.807, 2.05) is 24.3 Å². The monoisotopic (exact) mass is 231 g/mol. The second-order valence-corrected chi connectivity index (χ2v) is 4.00. The fraction of sp³-hybridized carbons (Fsp3) is 0.400. The third kappa shape index (κ3) is 2.20. The second kappa shape index (κ2) is 4.49. The molecule has 76 valence electrons. The topological polar surface area (TPSA) is 21.3 Å². The Morgan fingerprint density at radius 3 is 2.64 bits per heavy atom. The van der Waals surface area contributed by atoms with Gasteiger partial charge in [0, 0.05) is 17.4 Å². The summed E-state index contributed by atoms with van der Waals surface area (Å²) in [5, 5.41) is 3.98. The number of halogens is 2. The van der Waals surface area contributed by atoms with Gasteiger partial charge in [-0.2, -0.15) is 0 Å². The van der Waals surface area contributed by atoms with Gasteiger partial charge in [0.15, 0.2) is 0 Å². The SMILES string of the molecule is ClC[C@@H]1CN[C@H](c2ccc(Cl)cc2)O1. The van der Waals surface area contributed by atoms with Crippen LogP contribution in [0.25, 0.3) is 0 Å². The Bertz CT molecular complexity index is 301. The van der Waals surface area contributed by atoms with Gasteiger partial charge in [0.2, 0.25) is 0 Å². The fourth-order valence-corrected chi connectivity index (χ4v) is 1.76. The summed E-state index contributed by atoms with van der Waals surface area (Å²) in [5.74, 6) is 0.525. The Kier molecular flexibility index (Phi) is 3.29. The van der Waals surface area contributed by atoms with Gasteiger partial charge in [0.1, 0.15) is 6.23 Å². The number of alkyl halides is 1. The predicted molar refractivity (Wildman–Crippen MR) is 57.8 cm³/mol. The Balaban J connectivity index is 2.06. The van der Waals surface area contributed by atoms with E-state index in [2.05, 4.69) is 5.32 Å².